The predicted molar refractivity (Wildman–Crippen MR) is 76.9 cm³/mol. The van der Waals surface area contributed by atoms with Crippen LogP contribution in [0.15, 0.2) is 0 Å². The van der Waals surface area contributed by atoms with E-state index in [0.29, 0.717) is 12.5 Å². The first-order chi connectivity index (χ1) is 8.44. The summed E-state index contributed by atoms with van der Waals surface area (Å²) in [6.45, 7) is 2.24. The van der Waals surface area contributed by atoms with Crippen LogP contribution in [0.2, 0.25) is 0 Å². The Morgan fingerprint density at radius 3 is 2.56 bits per heavy atom. The van der Waals surface area contributed by atoms with Gasteiger partial charge in [0.15, 0.2) is 0 Å². The molecule has 0 aromatic rings. The molecule has 4 nitrogen and oxygen atoms in total. The maximum absolute atomic E-state index is 12.5. The number of fused-ring (bicyclic) bond motifs is 1. The molecule has 2 N–H and O–H groups in total. The Morgan fingerprint density at radius 2 is 1.89 bits per heavy atom. The Kier molecular flexibility index (Phi) is 4.29. The lowest BCUT2D eigenvalue weighted by molar-refractivity contribution is 0.129. The van der Waals surface area contributed by atoms with Gasteiger partial charge in [-0.1, -0.05) is 25.1 Å². The summed E-state index contributed by atoms with van der Waals surface area (Å²) in [7, 11) is -3.36. The molecule has 0 aromatic carbocycles. The quantitative estimate of drug-likeness (QED) is 0.803. The number of thiocarbonyl (C=S) groups is 1. The minimum absolute atomic E-state index is 0.0768. The number of piperidine rings is 1. The van der Waals surface area contributed by atoms with E-state index in [-0.39, 0.29) is 11.0 Å². The summed E-state index contributed by atoms with van der Waals surface area (Å²) in [5, 5.41) is -0.742. The van der Waals surface area contributed by atoms with Crippen molar-refractivity contribution >= 4 is 27.2 Å². The molecule has 1 saturated heterocycles. The first-order valence-corrected chi connectivity index (χ1v) is 8.65. The molecule has 3 unspecified atom stereocenters. The standard InChI is InChI=1S/C12H22N2O2S2/c1-9(12(13)17)18(15,16)14-8-4-6-10-5-2-3-7-11(10)14/h9-11H,2-8H2,1H3,(H2,13,17). The molecule has 0 bridgehead atoms. The average molecular weight is 290 g/mol. The topological polar surface area (TPSA) is 63.4 Å². The lowest BCUT2D eigenvalue weighted by Gasteiger charge is -2.43. The van der Waals surface area contributed by atoms with Crippen molar-refractivity contribution < 1.29 is 8.42 Å². The van der Waals surface area contributed by atoms with E-state index in [9.17, 15) is 8.42 Å². The summed E-state index contributed by atoms with van der Waals surface area (Å²) in [6, 6.07) is 0.189. The highest BCUT2D eigenvalue weighted by Gasteiger charge is 2.41. The second kappa shape index (κ2) is 5.43. The Labute approximate surface area is 115 Å². The van der Waals surface area contributed by atoms with E-state index in [2.05, 4.69) is 0 Å². The van der Waals surface area contributed by atoms with Gasteiger partial charge < -0.3 is 5.73 Å². The van der Waals surface area contributed by atoms with Crippen LogP contribution in [0.25, 0.3) is 0 Å². The summed E-state index contributed by atoms with van der Waals surface area (Å²) >= 11 is 4.85. The Bertz CT molecular complexity index is 420. The summed E-state index contributed by atoms with van der Waals surface area (Å²) in [5.41, 5.74) is 5.52. The Balaban J connectivity index is 2.23. The van der Waals surface area contributed by atoms with E-state index in [1.54, 1.807) is 11.2 Å². The van der Waals surface area contributed by atoms with E-state index < -0.39 is 15.3 Å². The molecule has 1 heterocycles. The number of hydrogen-bond acceptors (Lipinski definition) is 3. The SMILES string of the molecule is CC(C(N)=S)S(=O)(=O)N1CCCC2CCCCC21. The highest BCUT2D eigenvalue weighted by atomic mass is 32.2. The summed E-state index contributed by atoms with van der Waals surface area (Å²) in [5.74, 6) is 0.542. The van der Waals surface area contributed by atoms with Gasteiger partial charge in [0.25, 0.3) is 0 Å². The zero-order valence-corrected chi connectivity index (χ0v) is 12.5. The zero-order chi connectivity index (χ0) is 13.3. The second-order valence-corrected chi connectivity index (χ2v) is 8.13. The van der Waals surface area contributed by atoms with Gasteiger partial charge in [0, 0.05) is 12.6 Å². The molecule has 0 aromatic heterocycles. The van der Waals surface area contributed by atoms with Crippen LogP contribution in [0.4, 0.5) is 0 Å². The van der Waals surface area contributed by atoms with E-state index in [1.807, 2.05) is 0 Å². The first-order valence-electron chi connectivity index (χ1n) is 6.74. The van der Waals surface area contributed by atoms with Gasteiger partial charge in [-0.2, -0.15) is 4.31 Å². The van der Waals surface area contributed by atoms with Gasteiger partial charge in [0.05, 0.1) is 4.99 Å². The average Bonchev–Trinajstić information content (AvgIpc) is 2.36. The van der Waals surface area contributed by atoms with Gasteiger partial charge in [-0.25, -0.2) is 8.42 Å². The van der Waals surface area contributed by atoms with E-state index in [0.717, 1.165) is 32.1 Å². The van der Waals surface area contributed by atoms with Crippen LogP contribution in [-0.2, 0) is 10.0 Å². The molecule has 2 rings (SSSR count). The molecule has 104 valence electrons. The maximum Gasteiger partial charge on any atom is 0.223 e. The molecule has 0 spiro atoms. The third-order valence-electron chi connectivity index (χ3n) is 4.37. The van der Waals surface area contributed by atoms with Crippen LogP contribution < -0.4 is 5.73 Å². The van der Waals surface area contributed by atoms with Crippen molar-refractivity contribution in [2.45, 2.75) is 56.7 Å². The number of hydrogen-bond donors (Lipinski definition) is 1. The van der Waals surface area contributed by atoms with Gasteiger partial charge in [-0.15, -0.1) is 0 Å². The third-order valence-corrected chi connectivity index (χ3v) is 7.12. The number of nitrogens with two attached hydrogens (primary N) is 1. The molecule has 6 heteroatoms. The second-order valence-electron chi connectivity index (χ2n) is 5.45. The van der Waals surface area contributed by atoms with Crippen LogP contribution in [0.3, 0.4) is 0 Å². The van der Waals surface area contributed by atoms with Crippen LogP contribution >= 0.6 is 12.2 Å². The van der Waals surface area contributed by atoms with Crippen molar-refractivity contribution in [1.29, 1.82) is 0 Å². The number of nitrogens with zero attached hydrogens (tertiary/aromatic N) is 1. The predicted octanol–water partition coefficient (Wildman–Crippen LogP) is 1.65. The van der Waals surface area contributed by atoms with Gasteiger partial charge in [0.1, 0.15) is 5.25 Å². The van der Waals surface area contributed by atoms with Crippen molar-refractivity contribution in [2.24, 2.45) is 11.7 Å². The fraction of sp³-hybridized carbons (Fsp3) is 0.917. The van der Waals surface area contributed by atoms with Crippen molar-refractivity contribution in [3.05, 3.63) is 0 Å². The van der Waals surface area contributed by atoms with Crippen molar-refractivity contribution in [3.63, 3.8) is 0 Å². The molecule has 0 amide bonds. The van der Waals surface area contributed by atoms with Crippen LogP contribution in [-0.4, -0.2) is 35.5 Å². The van der Waals surface area contributed by atoms with E-state index in [4.69, 9.17) is 18.0 Å². The summed E-state index contributed by atoms with van der Waals surface area (Å²) in [6.07, 6.45) is 6.66. The highest BCUT2D eigenvalue weighted by molar-refractivity contribution is 7.92. The molecule has 2 aliphatic rings. The highest BCUT2D eigenvalue weighted by Crippen LogP contribution is 2.37. The van der Waals surface area contributed by atoms with Crippen LogP contribution in [0.1, 0.15) is 45.4 Å². The van der Waals surface area contributed by atoms with Crippen LogP contribution in [0, 0.1) is 5.92 Å². The fourth-order valence-electron chi connectivity index (χ4n) is 3.24. The van der Waals surface area contributed by atoms with Crippen molar-refractivity contribution in [3.8, 4) is 0 Å². The zero-order valence-electron chi connectivity index (χ0n) is 10.8. The smallest absolute Gasteiger partial charge is 0.223 e. The van der Waals surface area contributed by atoms with Gasteiger partial charge in [-0.05, 0) is 38.5 Å². The normalized spacial score (nSPS) is 31.6. The van der Waals surface area contributed by atoms with Gasteiger partial charge in [0.2, 0.25) is 10.0 Å². The molecular formula is C12H22N2O2S2. The fourth-order valence-corrected chi connectivity index (χ4v) is 5.35. The first kappa shape index (κ1) is 14.2. The Morgan fingerprint density at radius 1 is 1.28 bits per heavy atom. The lowest BCUT2D eigenvalue weighted by Crippen LogP contribution is -2.53. The molecular weight excluding hydrogens is 268 g/mol. The Hall–Kier alpha value is -0.200. The van der Waals surface area contributed by atoms with E-state index in [1.165, 1.54) is 6.42 Å². The summed E-state index contributed by atoms with van der Waals surface area (Å²) in [4.78, 5) is 0.0768. The van der Waals surface area contributed by atoms with Crippen molar-refractivity contribution in [2.75, 3.05) is 6.54 Å². The number of rotatable bonds is 3. The monoisotopic (exact) mass is 290 g/mol. The minimum Gasteiger partial charge on any atom is -0.392 e. The van der Waals surface area contributed by atoms with E-state index >= 15 is 0 Å². The van der Waals surface area contributed by atoms with Crippen molar-refractivity contribution in [1.82, 2.24) is 4.31 Å². The third kappa shape index (κ3) is 2.56. The molecule has 18 heavy (non-hydrogen) atoms. The van der Waals surface area contributed by atoms with Crippen LogP contribution in [0.5, 0.6) is 0 Å². The number of sulfonamides is 1. The largest absolute Gasteiger partial charge is 0.392 e. The maximum atomic E-state index is 12.5. The molecule has 3 atom stereocenters. The minimum atomic E-state index is -3.36. The van der Waals surface area contributed by atoms with Gasteiger partial charge in [-0.3, -0.25) is 0 Å². The molecule has 1 saturated carbocycles. The molecule has 1 aliphatic heterocycles. The summed E-state index contributed by atoms with van der Waals surface area (Å²) < 4.78 is 26.8. The van der Waals surface area contributed by atoms with Gasteiger partial charge >= 0.3 is 0 Å². The molecule has 2 fully saturated rings. The molecule has 1 aliphatic carbocycles. The molecule has 0 radical (unpaired) electrons. The lowest BCUT2D eigenvalue weighted by atomic mass is 9.79.